The van der Waals surface area contributed by atoms with E-state index in [1.54, 1.807) is 6.92 Å². The van der Waals surface area contributed by atoms with Crippen LogP contribution in [0.3, 0.4) is 0 Å². The van der Waals surface area contributed by atoms with E-state index in [1.807, 2.05) is 27.7 Å². The minimum Gasteiger partial charge on any atom is -0.469 e. The SMILES string of the molecule is COC(=O)C(C)CC(=O)C[C@@H](C)[C@H]1C[C@H](O)[C@@]2(C)C3=C(C(=O)C[C@]12C)[C@@]1(C)CC[C@H](O)C(C)(C)[C@@H]1C[C@H]3O. The molecule has 0 aromatic heterocycles. The lowest BCUT2D eigenvalue weighted by atomic mass is 9.42. The first-order valence-electron chi connectivity index (χ1n) is 14.4. The topological polar surface area (TPSA) is 121 Å². The maximum Gasteiger partial charge on any atom is 0.308 e. The van der Waals surface area contributed by atoms with Crippen LogP contribution >= 0.6 is 0 Å². The van der Waals surface area contributed by atoms with Crippen LogP contribution in [0.4, 0.5) is 0 Å². The number of methoxy groups -OCH3 is 1. The van der Waals surface area contributed by atoms with Gasteiger partial charge in [0.1, 0.15) is 5.78 Å². The predicted molar refractivity (Wildman–Crippen MR) is 143 cm³/mol. The van der Waals surface area contributed by atoms with Crippen molar-refractivity contribution in [2.75, 3.05) is 7.11 Å². The molecule has 0 aliphatic heterocycles. The van der Waals surface area contributed by atoms with Crippen molar-refractivity contribution in [2.24, 2.45) is 45.3 Å². The van der Waals surface area contributed by atoms with Gasteiger partial charge < -0.3 is 20.1 Å². The molecule has 2 fully saturated rings. The molecule has 4 rings (SSSR count). The quantitative estimate of drug-likeness (QED) is 0.442. The zero-order valence-electron chi connectivity index (χ0n) is 24.5. The summed E-state index contributed by atoms with van der Waals surface area (Å²) in [7, 11) is 1.31. The van der Waals surface area contributed by atoms with E-state index in [1.165, 1.54) is 7.11 Å². The molecular formula is C31H48O7. The van der Waals surface area contributed by atoms with E-state index in [9.17, 15) is 29.7 Å². The van der Waals surface area contributed by atoms with Gasteiger partial charge in [-0.25, -0.2) is 0 Å². The molecule has 0 aromatic rings. The first-order chi connectivity index (χ1) is 17.5. The number of hydrogen-bond donors (Lipinski definition) is 3. The van der Waals surface area contributed by atoms with Crippen LogP contribution in [0.25, 0.3) is 0 Å². The molecule has 0 radical (unpaired) electrons. The van der Waals surface area contributed by atoms with E-state index < -0.39 is 51.9 Å². The molecule has 0 heterocycles. The van der Waals surface area contributed by atoms with Gasteiger partial charge in [0.05, 0.1) is 31.3 Å². The maximum absolute atomic E-state index is 14.1. The summed E-state index contributed by atoms with van der Waals surface area (Å²) >= 11 is 0. The van der Waals surface area contributed by atoms with Crippen molar-refractivity contribution in [3.8, 4) is 0 Å². The van der Waals surface area contributed by atoms with Gasteiger partial charge in [0.15, 0.2) is 5.78 Å². The molecule has 0 aromatic carbocycles. The summed E-state index contributed by atoms with van der Waals surface area (Å²) in [6.45, 7) is 14.0. The van der Waals surface area contributed by atoms with Crippen molar-refractivity contribution in [1.82, 2.24) is 0 Å². The number of rotatable bonds is 6. The van der Waals surface area contributed by atoms with Crippen LogP contribution in [-0.4, -0.2) is 58.3 Å². The van der Waals surface area contributed by atoms with Crippen molar-refractivity contribution in [2.45, 2.75) is 112 Å². The van der Waals surface area contributed by atoms with E-state index in [0.29, 0.717) is 36.8 Å². The van der Waals surface area contributed by atoms with Crippen molar-refractivity contribution in [3.63, 3.8) is 0 Å². The summed E-state index contributed by atoms with van der Waals surface area (Å²) < 4.78 is 4.76. The number of carbonyl (C=O) groups excluding carboxylic acids is 3. The molecule has 1 unspecified atom stereocenters. The number of ether oxygens (including phenoxy) is 1. The molecule has 214 valence electrons. The fourth-order valence-corrected chi connectivity index (χ4v) is 9.59. The van der Waals surface area contributed by atoms with Crippen LogP contribution in [0.1, 0.15) is 93.4 Å². The number of aliphatic hydroxyl groups excluding tert-OH is 3. The first-order valence-corrected chi connectivity index (χ1v) is 14.4. The number of carbonyl (C=O) groups is 3. The molecule has 38 heavy (non-hydrogen) atoms. The predicted octanol–water partition coefficient (Wildman–Crippen LogP) is 4.01. The molecule has 0 amide bonds. The van der Waals surface area contributed by atoms with Gasteiger partial charge in [0.25, 0.3) is 0 Å². The van der Waals surface area contributed by atoms with Crippen LogP contribution in [-0.2, 0) is 19.1 Å². The van der Waals surface area contributed by atoms with Gasteiger partial charge in [-0.15, -0.1) is 0 Å². The van der Waals surface area contributed by atoms with Crippen LogP contribution in [0, 0.1) is 45.3 Å². The Morgan fingerprint density at radius 1 is 1.00 bits per heavy atom. The summed E-state index contributed by atoms with van der Waals surface area (Å²) in [5.74, 6) is -1.15. The van der Waals surface area contributed by atoms with Gasteiger partial charge >= 0.3 is 5.97 Å². The zero-order valence-corrected chi connectivity index (χ0v) is 24.5. The van der Waals surface area contributed by atoms with Crippen molar-refractivity contribution < 1.29 is 34.4 Å². The summed E-state index contributed by atoms with van der Waals surface area (Å²) in [6, 6.07) is 0. The Morgan fingerprint density at radius 2 is 1.63 bits per heavy atom. The molecule has 7 heteroatoms. The van der Waals surface area contributed by atoms with Gasteiger partial charge in [0.2, 0.25) is 0 Å². The Hall–Kier alpha value is -1.57. The summed E-state index contributed by atoms with van der Waals surface area (Å²) in [6.07, 6.45) is 0.706. The Balaban J connectivity index is 1.71. The van der Waals surface area contributed by atoms with Crippen molar-refractivity contribution >= 4 is 17.5 Å². The van der Waals surface area contributed by atoms with Crippen molar-refractivity contribution in [3.05, 3.63) is 11.1 Å². The van der Waals surface area contributed by atoms with E-state index >= 15 is 0 Å². The number of aliphatic hydroxyl groups is 3. The summed E-state index contributed by atoms with van der Waals surface area (Å²) in [4.78, 5) is 38.8. The number of esters is 1. The summed E-state index contributed by atoms with van der Waals surface area (Å²) in [5, 5.41) is 34.2. The highest BCUT2D eigenvalue weighted by Gasteiger charge is 2.70. The number of fused-ring (bicyclic) bond motifs is 4. The van der Waals surface area contributed by atoms with Gasteiger partial charge in [-0.1, -0.05) is 48.5 Å². The third-order valence-electron chi connectivity index (χ3n) is 12.0. The third-order valence-corrected chi connectivity index (χ3v) is 12.0. The molecule has 0 spiro atoms. The number of Topliss-reactive ketones (excluding diaryl/α,β-unsaturated/α-hetero) is 2. The second-order valence-corrected chi connectivity index (χ2v) is 14.3. The highest BCUT2D eigenvalue weighted by atomic mass is 16.5. The molecule has 3 N–H and O–H groups in total. The molecule has 0 bridgehead atoms. The smallest absolute Gasteiger partial charge is 0.308 e. The number of hydrogen-bond acceptors (Lipinski definition) is 7. The molecule has 4 aliphatic rings. The van der Waals surface area contributed by atoms with Crippen LogP contribution in [0.15, 0.2) is 11.1 Å². The van der Waals surface area contributed by atoms with E-state index in [2.05, 4.69) is 13.8 Å². The normalized spacial score (nSPS) is 43.6. The molecular weight excluding hydrogens is 484 g/mol. The largest absolute Gasteiger partial charge is 0.469 e. The fraction of sp³-hybridized carbons (Fsp3) is 0.839. The Bertz CT molecular complexity index is 1040. The molecule has 4 aliphatic carbocycles. The maximum atomic E-state index is 14.1. The Kier molecular flexibility index (Phi) is 7.37. The minimum atomic E-state index is -0.868. The van der Waals surface area contributed by atoms with Gasteiger partial charge in [-0.2, -0.15) is 0 Å². The van der Waals surface area contributed by atoms with Crippen molar-refractivity contribution in [1.29, 1.82) is 0 Å². The Morgan fingerprint density at radius 3 is 2.24 bits per heavy atom. The first kappa shape index (κ1) is 29.4. The number of allylic oxidation sites excluding steroid dienone is 1. The zero-order chi connectivity index (χ0) is 28.6. The standard InChI is InChI=1S/C31H48O7/c1-16(11-18(32)12-17(2)27(37)38-8)19-13-24(36)31(7)26-20(33)14-22-28(3,4)23(35)9-10-29(22,5)25(26)21(34)15-30(19,31)6/h16-17,19-20,22-24,33,35-36H,9-15H2,1-8H3/t16-,17?,19-,20-,22+,23+,24+,29+,30-,31+/m1/s1. The lowest BCUT2D eigenvalue weighted by molar-refractivity contribution is -0.146. The van der Waals surface area contributed by atoms with Crippen LogP contribution in [0.2, 0.25) is 0 Å². The monoisotopic (exact) mass is 532 g/mol. The lowest BCUT2D eigenvalue weighted by Gasteiger charge is -2.62. The molecule has 2 saturated carbocycles. The average molecular weight is 533 g/mol. The highest BCUT2D eigenvalue weighted by Crippen LogP contribution is 2.71. The van der Waals surface area contributed by atoms with Crippen LogP contribution in [0.5, 0.6) is 0 Å². The molecule has 0 saturated heterocycles. The lowest BCUT2D eigenvalue weighted by Crippen LogP contribution is -2.61. The second kappa shape index (κ2) is 9.52. The van der Waals surface area contributed by atoms with Gasteiger partial charge in [-0.05, 0) is 65.3 Å². The average Bonchev–Trinajstić information content (AvgIpc) is 3.03. The highest BCUT2D eigenvalue weighted by molar-refractivity contribution is 6.00. The third kappa shape index (κ3) is 3.97. The van der Waals surface area contributed by atoms with E-state index in [0.717, 1.165) is 0 Å². The fourth-order valence-electron chi connectivity index (χ4n) is 9.59. The van der Waals surface area contributed by atoms with Crippen LogP contribution < -0.4 is 0 Å². The van der Waals surface area contributed by atoms with Gasteiger partial charge in [-0.3, -0.25) is 14.4 Å². The summed E-state index contributed by atoms with van der Waals surface area (Å²) in [5.41, 5.74) is -0.940. The molecule has 10 atom stereocenters. The second-order valence-electron chi connectivity index (χ2n) is 14.3. The van der Waals surface area contributed by atoms with E-state index in [4.69, 9.17) is 4.74 Å². The molecule has 7 nitrogen and oxygen atoms in total. The Labute approximate surface area is 227 Å². The van der Waals surface area contributed by atoms with Gasteiger partial charge in [0, 0.05) is 30.3 Å². The minimum absolute atomic E-state index is 0.0276. The van der Waals surface area contributed by atoms with E-state index in [-0.39, 0.29) is 48.6 Å². The number of ketones is 2.